The van der Waals surface area contributed by atoms with E-state index < -0.39 is 6.09 Å². The fourth-order valence-electron chi connectivity index (χ4n) is 2.62. The zero-order chi connectivity index (χ0) is 19.8. The third-order valence-corrected chi connectivity index (χ3v) is 3.99. The van der Waals surface area contributed by atoms with Crippen molar-refractivity contribution in [2.45, 2.75) is 33.2 Å². The molecule has 1 aromatic carbocycles. The SMILES string of the molecule is CCOC(=O)NC(CNC(=O)c1ccn(-c2cccc(Cl)c2)n1)CC(C)C. The summed E-state index contributed by atoms with van der Waals surface area (Å²) >= 11 is 5.99. The first-order valence-corrected chi connectivity index (χ1v) is 9.30. The highest BCUT2D eigenvalue weighted by molar-refractivity contribution is 6.30. The normalized spacial score (nSPS) is 11.9. The van der Waals surface area contributed by atoms with Gasteiger partial charge >= 0.3 is 6.09 Å². The Morgan fingerprint density at radius 3 is 2.74 bits per heavy atom. The molecule has 0 bridgehead atoms. The third-order valence-electron chi connectivity index (χ3n) is 3.76. The fourth-order valence-corrected chi connectivity index (χ4v) is 2.80. The number of carbonyl (C=O) groups excluding carboxylic acids is 2. The summed E-state index contributed by atoms with van der Waals surface area (Å²) in [6, 6.07) is 8.61. The van der Waals surface area contributed by atoms with Crippen LogP contribution in [-0.2, 0) is 4.74 Å². The number of aromatic nitrogens is 2. The van der Waals surface area contributed by atoms with Crippen molar-refractivity contribution in [1.29, 1.82) is 0 Å². The first-order chi connectivity index (χ1) is 12.9. The zero-order valence-corrected chi connectivity index (χ0v) is 16.5. The molecule has 0 spiro atoms. The summed E-state index contributed by atoms with van der Waals surface area (Å²) in [4.78, 5) is 24.1. The molecule has 1 aromatic heterocycles. The van der Waals surface area contributed by atoms with Crippen LogP contribution in [0.5, 0.6) is 0 Å². The first-order valence-electron chi connectivity index (χ1n) is 8.92. The van der Waals surface area contributed by atoms with E-state index in [4.69, 9.17) is 16.3 Å². The Labute approximate surface area is 164 Å². The highest BCUT2D eigenvalue weighted by Gasteiger charge is 2.17. The lowest BCUT2D eigenvalue weighted by molar-refractivity contribution is 0.0939. The maximum atomic E-state index is 12.4. The summed E-state index contributed by atoms with van der Waals surface area (Å²) < 4.78 is 6.50. The van der Waals surface area contributed by atoms with Crippen molar-refractivity contribution in [2.75, 3.05) is 13.2 Å². The van der Waals surface area contributed by atoms with Crippen LogP contribution in [0.3, 0.4) is 0 Å². The standard InChI is InChI=1S/C19H25ClN4O3/c1-4-27-19(26)22-15(10-13(2)3)12-21-18(25)17-8-9-24(23-17)16-7-5-6-14(20)11-16/h5-9,11,13,15H,4,10,12H2,1-3H3,(H,21,25)(H,22,26). The first kappa shape index (κ1) is 20.8. The van der Waals surface area contributed by atoms with Crippen LogP contribution in [0.1, 0.15) is 37.7 Å². The van der Waals surface area contributed by atoms with Gasteiger partial charge in [-0.3, -0.25) is 4.79 Å². The van der Waals surface area contributed by atoms with Gasteiger partial charge in [-0.2, -0.15) is 5.10 Å². The molecule has 0 aliphatic heterocycles. The van der Waals surface area contributed by atoms with Gasteiger partial charge in [0.2, 0.25) is 0 Å². The maximum absolute atomic E-state index is 12.4. The molecule has 27 heavy (non-hydrogen) atoms. The van der Waals surface area contributed by atoms with E-state index in [0.29, 0.717) is 24.1 Å². The lowest BCUT2D eigenvalue weighted by Crippen LogP contribution is -2.44. The summed E-state index contributed by atoms with van der Waals surface area (Å²) in [6.07, 6.45) is 1.93. The summed E-state index contributed by atoms with van der Waals surface area (Å²) in [5, 5.41) is 10.5. The minimum Gasteiger partial charge on any atom is -0.450 e. The van der Waals surface area contributed by atoms with Crippen LogP contribution in [-0.4, -0.2) is 41.0 Å². The van der Waals surface area contributed by atoms with Gasteiger partial charge in [0.05, 0.1) is 12.3 Å². The zero-order valence-electron chi connectivity index (χ0n) is 15.7. The largest absolute Gasteiger partial charge is 0.450 e. The average molecular weight is 393 g/mol. The molecular weight excluding hydrogens is 368 g/mol. The number of hydrogen-bond acceptors (Lipinski definition) is 4. The van der Waals surface area contributed by atoms with Crippen molar-refractivity contribution < 1.29 is 14.3 Å². The number of amides is 2. The van der Waals surface area contributed by atoms with Gasteiger partial charge in [0.25, 0.3) is 5.91 Å². The van der Waals surface area contributed by atoms with Crippen LogP contribution in [0, 0.1) is 5.92 Å². The molecule has 0 fully saturated rings. The van der Waals surface area contributed by atoms with Crippen molar-refractivity contribution in [1.82, 2.24) is 20.4 Å². The number of benzene rings is 1. The molecule has 7 nitrogen and oxygen atoms in total. The van der Waals surface area contributed by atoms with Crippen molar-refractivity contribution in [3.63, 3.8) is 0 Å². The molecule has 0 saturated heterocycles. The van der Waals surface area contributed by atoms with E-state index in [1.165, 1.54) is 0 Å². The molecule has 0 radical (unpaired) electrons. The number of halogens is 1. The van der Waals surface area contributed by atoms with E-state index in [1.807, 2.05) is 26.0 Å². The van der Waals surface area contributed by atoms with E-state index in [0.717, 1.165) is 12.1 Å². The van der Waals surface area contributed by atoms with Crippen molar-refractivity contribution >= 4 is 23.6 Å². The quantitative estimate of drug-likeness (QED) is 0.720. The second kappa shape index (κ2) is 9.97. The van der Waals surface area contributed by atoms with Gasteiger partial charge < -0.3 is 15.4 Å². The van der Waals surface area contributed by atoms with Crippen LogP contribution in [0.15, 0.2) is 36.5 Å². The van der Waals surface area contributed by atoms with E-state index in [9.17, 15) is 9.59 Å². The minimum atomic E-state index is -0.484. The molecule has 0 saturated carbocycles. The Kier molecular flexibility index (Phi) is 7.67. The second-order valence-corrected chi connectivity index (χ2v) is 6.96. The Bertz CT molecular complexity index is 776. The third kappa shape index (κ3) is 6.60. The maximum Gasteiger partial charge on any atom is 0.407 e. The van der Waals surface area contributed by atoms with Crippen LogP contribution in [0.2, 0.25) is 5.02 Å². The van der Waals surface area contributed by atoms with E-state index in [1.54, 1.807) is 36.0 Å². The predicted molar refractivity (Wildman–Crippen MR) is 104 cm³/mol. The Morgan fingerprint density at radius 2 is 2.07 bits per heavy atom. The monoisotopic (exact) mass is 392 g/mol. The molecule has 1 heterocycles. The minimum absolute atomic E-state index is 0.219. The highest BCUT2D eigenvalue weighted by Crippen LogP contribution is 2.14. The molecule has 8 heteroatoms. The molecule has 2 rings (SSSR count). The Morgan fingerprint density at radius 1 is 1.30 bits per heavy atom. The topological polar surface area (TPSA) is 85.3 Å². The van der Waals surface area contributed by atoms with Gasteiger partial charge in [-0.05, 0) is 43.5 Å². The summed E-state index contributed by atoms with van der Waals surface area (Å²) in [7, 11) is 0. The number of nitrogens with one attached hydrogen (secondary N) is 2. The molecule has 0 aliphatic rings. The summed E-state index contributed by atoms with van der Waals surface area (Å²) in [5.41, 5.74) is 1.05. The molecule has 146 valence electrons. The number of rotatable bonds is 8. The van der Waals surface area contributed by atoms with Crippen molar-refractivity contribution in [3.05, 3.63) is 47.2 Å². The van der Waals surface area contributed by atoms with Gasteiger partial charge in [-0.15, -0.1) is 0 Å². The van der Waals surface area contributed by atoms with Crippen molar-refractivity contribution in [3.8, 4) is 5.69 Å². The molecule has 1 unspecified atom stereocenters. The van der Waals surface area contributed by atoms with Crippen LogP contribution in [0.4, 0.5) is 4.79 Å². The van der Waals surface area contributed by atoms with E-state index >= 15 is 0 Å². The Balaban J connectivity index is 1.97. The van der Waals surface area contributed by atoms with Gasteiger partial charge in [-0.25, -0.2) is 9.48 Å². The average Bonchev–Trinajstić information content (AvgIpc) is 3.09. The Hall–Kier alpha value is -2.54. The number of ether oxygens (including phenoxy) is 1. The molecule has 2 aromatic rings. The van der Waals surface area contributed by atoms with Crippen LogP contribution < -0.4 is 10.6 Å². The molecule has 0 aliphatic carbocycles. The molecule has 1 atom stereocenters. The molecular formula is C19H25ClN4O3. The van der Waals surface area contributed by atoms with Crippen molar-refractivity contribution in [2.24, 2.45) is 5.92 Å². The lowest BCUT2D eigenvalue weighted by Gasteiger charge is -2.20. The van der Waals surface area contributed by atoms with Gasteiger partial charge in [0, 0.05) is 23.8 Å². The van der Waals surface area contributed by atoms with Crippen LogP contribution in [0.25, 0.3) is 5.69 Å². The second-order valence-electron chi connectivity index (χ2n) is 6.53. The highest BCUT2D eigenvalue weighted by atomic mass is 35.5. The van der Waals surface area contributed by atoms with E-state index in [2.05, 4.69) is 15.7 Å². The summed E-state index contributed by atoms with van der Waals surface area (Å²) in [6.45, 7) is 6.44. The number of alkyl carbamates (subject to hydrolysis) is 1. The van der Waals surface area contributed by atoms with Gasteiger partial charge in [0.15, 0.2) is 5.69 Å². The number of hydrogen-bond donors (Lipinski definition) is 2. The predicted octanol–water partition coefficient (Wildman–Crippen LogP) is 3.42. The number of nitrogens with zero attached hydrogens (tertiary/aromatic N) is 2. The lowest BCUT2D eigenvalue weighted by atomic mass is 10.0. The van der Waals surface area contributed by atoms with Gasteiger partial charge in [-0.1, -0.05) is 31.5 Å². The summed E-state index contributed by atoms with van der Waals surface area (Å²) in [5.74, 6) is 0.0473. The van der Waals surface area contributed by atoms with E-state index in [-0.39, 0.29) is 17.6 Å². The smallest absolute Gasteiger partial charge is 0.407 e. The molecule has 2 amide bonds. The fraction of sp³-hybridized carbons (Fsp3) is 0.421. The number of carbonyl (C=O) groups is 2. The molecule has 2 N–H and O–H groups in total. The van der Waals surface area contributed by atoms with Crippen LogP contribution >= 0.6 is 11.6 Å². The van der Waals surface area contributed by atoms with Gasteiger partial charge in [0.1, 0.15) is 0 Å².